The molecule has 2 unspecified atom stereocenters. The number of aromatic nitrogens is 4. The molecule has 2 aromatic heterocycles. The average molecular weight is 583 g/mol. The fraction of sp³-hybridized carbons (Fsp3) is 0.200. The van der Waals surface area contributed by atoms with Crippen molar-refractivity contribution >= 4 is 54.1 Å². The van der Waals surface area contributed by atoms with Crippen molar-refractivity contribution in [3.05, 3.63) is 24.2 Å². The summed E-state index contributed by atoms with van der Waals surface area (Å²) in [5, 5.41) is 0. The fourth-order valence-corrected chi connectivity index (χ4v) is 5.65. The van der Waals surface area contributed by atoms with E-state index in [2.05, 4.69) is 32.6 Å². The highest BCUT2D eigenvalue weighted by Crippen LogP contribution is 2.60. The number of hydrogen-bond acceptors (Lipinski definition) is 14. The Bertz CT molecular complexity index is 1390. The van der Waals surface area contributed by atoms with Crippen LogP contribution in [0.5, 0.6) is 0 Å². The Labute approximate surface area is 191 Å². The second-order valence-electron chi connectivity index (χ2n) is 6.12. The van der Waals surface area contributed by atoms with Crippen LogP contribution >= 0.6 is 31.3 Å². The molecule has 35 heavy (non-hydrogen) atoms. The molecular formula is C10H13N5O16P4. The van der Waals surface area contributed by atoms with E-state index in [1.807, 2.05) is 0 Å². The number of ketones is 1. The fourth-order valence-electron chi connectivity index (χ4n) is 2.48. The summed E-state index contributed by atoms with van der Waals surface area (Å²) in [6.45, 7) is -1.36. The van der Waals surface area contributed by atoms with Crippen LogP contribution in [0.15, 0.2) is 24.2 Å². The van der Waals surface area contributed by atoms with Gasteiger partial charge in [-0.2, -0.15) is 8.62 Å². The van der Waals surface area contributed by atoms with Crippen LogP contribution in [-0.2, 0) is 45.5 Å². The summed E-state index contributed by atoms with van der Waals surface area (Å²) in [5.41, 5.74) is 5.53. The van der Waals surface area contributed by atoms with Crippen molar-refractivity contribution in [2.24, 2.45) is 0 Å². The number of nitrogen functional groups attached to an aromatic ring is 1. The zero-order valence-corrected chi connectivity index (χ0v) is 19.9. The number of rotatable bonds is 10. The van der Waals surface area contributed by atoms with Crippen LogP contribution in [0.2, 0.25) is 0 Å². The average Bonchev–Trinajstić information content (AvgIpc) is 3.19. The largest absolute Gasteiger partial charge is 0.536 e. The van der Waals surface area contributed by atoms with Gasteiger partial charge in [-0.25, -0.2) is 33.2 Å². The lowest BCUT2D eigenvalue weighted by Crippen LogP contribution is -2.18. The second-order valence-corrected chi connectivity index (χ2v) is 11.7. The molecule has 3 rings (SSSR count). The van der Waals surface area contributed by atoms with Gasteiger partial charge >= 0.3 is 31.3 Å². The normalized spacial score (nSPS) is 20.5. The smallest absolute Gasteiger partial charge is 0.460 e. The van der Waals surface area contributed by atoms with Crippen molar-refractivity contribution in [1.82, 2.24) is 19.5 Å². The van der Waals surface area contributed by atoms with Crippen LogP contribution < -0.4 is 5.73 Å². The predicted molar refractivity (Wildman–Crippen MR) is 105 cm³/mol. The first-order valence-electron chi connectivity index (χ1n) is 8.28. The van der Waals surface area contributed by atoms with Gasteiger partial charge in [0, 0.05) is 0 Å². The number of nitrogens with two attached hydrogens (primary N) is 1. The van der Waals surface area contributed by atoms with Crippen LogP contribution in [0, 0.1) is 0 Å². The molecule has 0 saturated carbocycles. The lowest BCUT2D eigenvalue weighted by atomic mass is 10.3. The van der Waals surface area contributed by atoms with Crippen molar-refractivity contribution in [2.75, 3.05) is 12.3 Å². The molecule has 25 heteroatoms. The van der Waals surface area contributed by atoms with E-state index >= 15 is 0 Å². The van der Waals surface area contributed by atoms with Crippen LogP contribution in [0.1, 0.15) is 6.23 Å². The third-order valence-corrected chi connectivity index (χ3v) is 7.80. The number of carbonyl (C=O) groups excluding carboxylic acids is 1. The van der Waals surface area contributed by atoms with Gasteiger partial charge in [-0.15, -0.1) is 0 Å². The first-order chi connectivity index (χ1) is 15.9. The molecule has 0 amide bonds. The number of carbonyl (C=O) groups is 1. The summed E-state index contributed by atoms with van der Waals surface area (Å²) in [6.07, 6.45) is 0.0956. The number of phosphoric acid groups is 4. The third kappa shape index (κ3) is 6.99. The highest BCUT2D eigenvalue weighted by Gasteiger charge is 2.45. The number of hydrogen-bond donors (Lipinski definition) is 7. The monoisotopic (exact) mass is 583 g/mol. The maximum Gasteiger partial charge on any atom is 0.536 e. The first kappa shape index (κ1) is 27.5. The maximum absolute atomic E-state index is 12.9. The minimum atomic E-state index is -5.73. The lowest BCUT2D eigenvalue weighted by Gasteiger charge is -2.15. The number of anilines is 1. The number of phosphoric ester groups is 2. The molecule has 3 heterocycles. The lowest BCUT2D eigenvalue weighted by molar-refractivity contribution is -0.126. The van der Waals surface area contributed by atoms with E-state index in [-0.39, 0.29) is 17.0 Å². The number of ether oxygens (including phenoxy) is 1. The van der Waals surface area contributed by atoms with Crippen molar-refractivity contribution in [2.45, 2.75) is 6.23 Å². The van der Waals surface area contributed by atoms with Crippen LogP contribution in [0.4, 0.5) is 5.82 Å². The van der Waals surface area contributed by atoms with Gasteiger partial charge < -0.3 is 39.5 Å². The molecule has 0 bridgehead atoms. The van der Waals surface area contributed by atoms with E-state index in [1.165, 1.54) is 0 Å². The summed E-state index contributed by atoms with van der Waals surface area (Å²) >= 11 is 0. The molecular weight excluding hydrogens is 570 g/mol. The van der Waals surface area contributed by atoms with Gasteiger partial charge in [0.2, 0.25) is 12.0 Å². The zero-order chi connectivity index (χ0) is 26.4. The quantitative estimate of drug-likeness (QED) is 0.168. The number of imidazole rings is 1. The van der Waals surface area contributed by atoms with E-state index in [0.29, 0.717) is 0 Å². The Morgan fingerprint density at radius 2 is 1.57 bits per heavy atom. The van der Waals surface area contributed by atoms with E-state index < -0.39 is 61.4 Å². The number of Topliss-reactive ketones (excluding diaryl/α,β-unsaturated/α-hetero) is 1. The molecule has 1 aliphatic rings. The van der Waals surface area contributed by atoms with Gasteiger partial charge in [-0.3, -0.25) is 18.8 Å². The summed E-state index contributed by atoms with van der Waals surface area (Å²) in [7, 11) is -22.4. The van der Waals surface area contributed by atoms with E-state index in [1.54, 1.807) is 0 Å². The Balaban J connectivity index is 1.96. The van der Waals surface area contributed by atoms with Gasteiger partial charge in [0.05, 0.1) is 0 Å². The Morgan fingerprint density at radius 3 is 2.17 bits per heavy atom. The van der Waals surface area contributed by atoms with Gasteiger partial charge in [0.1, 0.15) is 24.8 Å². The minimum Gasteiger partial charge on any atom is -0.460 e. The van der Waals surface area contributed by atoms with E-state index in [9.17, 15) is 32.8 Å². The Morgan fingerprint density at radius 1 is 0.971 bits per heavy atom. The molecule has 0 fully saturated rings. The third-order valence-electron chi connectivity index (χ3n) is 3.58. The van der Waals surface area contributed by atoms with Crippen molar-refractivity contribution in [3.63, 3.8) is 0 Å². The van der Waals surface area contributed by atoms with Gasteiger partial charge in [-0.05, 0) is 0 Å². The second kappa shape index (κ2) is 9.42. The molecule has 194 valence electrons. The highest BCUT2D eigenvalue weighted by molar-refractivity contribution is 7.61. The van der Waals surface area contributed by atoms with E-state index in [4.69, 9.17) is 30.0 Å². The summed E-state index contributed by atoms with van der Waals surface area (Å²) in [5.74, 6) is -3.70. The van der Waals surface area contributed by atoms with Crippen LogP contribution in [0.3, 0.4) is 0 Å². The first-order valence-corrected chi connectivity index (χ1v) is 14.3. The number of nitrogens with zero attached hydrogens (tertiary/aromatic N) is 4. The molecule has 21 nitrogen and oxygen atoms in total. The molecule has 1 aliphatic heterocycles. The Kier molecular flexibility index (Phi) is 7.40. The van der Waals surface area contributed by atoms with Gasteiger partial charge in [0.25, 0.3) is 5.78 Å². The highest BCUT2D eigenvalue weighted by atomic mass is 31.3. The maximum atomic E-state index is 12.9. The topological polar surface area (TPSA) is 322 Å². The van der Waals surface area contributed by atoms with Crippen molar-refractivity contribution in [1.29, 1.82) is 0 Å². The molecule has 0 aliphatic carbocycles. The van der Waals surface area contributed by atoms with Crippen LogP contribution in [-0.4, -0.2) is 61.3 Å². The molecule has 0 aromatic carbocycles. The van der Waals surface area contributed by atoms with Gasteiger partial charge in [0.15, 0.2) is 17.2 Å². The van der Waals surface area contributed by atoms with Crippen LogP contribution in [0.25, 0.3) is 11.2 Å². The minimum absolute atomic E-state index is 0.0105. The predicted octanol–water partition coefficient (Wildman–Crippen LogP) is -0.829. The number of fused-ring (bicyclic) bond motifs is 1. The molecule has 3 atom stereocenters. The summed E-state index contributed by atoms with van der Waals surface area (Å²) in [6, 6.07) is 0. The molecule has 0 saturated heterocycles. The standard InChI is InChI=1S/C10H13N5O16P4/c11-8-5-9(13-2-12-8)15(3-14-5)10-6(16)7(29-35(25,26)31-33(20,21)22)4(28-10)1-27-34(23,24)30-32(17,18)19/h2-3,10H,1H2,(H,23,24)(H,25,26)(H2,11,12,13)(H2,17,18,19)(H2,20,21,22)/t10-/m1/s1. The SMILES string of the molecule is Nc1ncnc2c1ncn2[C@@H]1OC(COP(=O)(O)OP(=O)(O)O)=C(OP(=O)(O)OP(=O)(O)O)C1=O. The molecule has 0 radical (unpaired) electrons. The summed E-state index contributed by atoms with van der Waals surface area (Å²) < 4.78 is 67.3. The Hall–Kier alpha value is -2.08. The molecule has 8 N–H and O–H groups in total. The molecule has 2 aromatic rings. The zero-order valence-electron chi connectivity index (χ0n) is 16.4. The van der Waals surface area contributed by atoms with Crippen molar-refractivity contribution in [3.8, 4) is 0 Å². The van der Waals surface area contributed by atoms with Crippen molar-refractivity contribution < 1.29 is 74.8 Å². The summed E-state index contributed by atoms with van der Waals surface area (Å²) in [4.78, 5) is 78.1. The van der Waals surface area contributed by atoms with E-state index in [0.717, 1.165) is 17.2 Å². The van der Waals surface area contributed by atoms with Gasteiger partial charge in [-0.1, -0.05) is 0 Å². The molecule has 0 spiro atoms.